The summed E-state index contributed by atoms with van der Waals surface area (Å²) in [5, 5.41) is 3.31. The van der Waals surface area contributed by atoms with Gasteiger partial charge in [0.15, 0.2) is 5.89 Å². The van der Waals surface area contributed by atoms with Gasteiger partial charge in [0.2, 0.25) is 0 Å². The molecule has 2 aromatic rings. The number of aryl methyl sites for hydroxylation is 1. The topological polar surface area (TPSA) is 38.1 Å². The summed E-state index contributed by atoms with van der Waals surface area (Å²) < 4.78 is 5.89. The highest BCUT2D eigenvalue weighted by atomic mass is 16.4. The maximum atomic E-state index is 5.89. The summed E-state index contributed by atoms with van der Waals surface area (Å²) in [7, 11) is 0. The fourth-order valence-corrected chi connectivity index (χ4v) is 2.66. The standard InChI is InChI=1S/C16H20N2O/c1-2-17-9-5-8-16-18-11-15(19-16)14-10-12-6-3-4-7-13(12)14/h3-4,6-7,11,14,17H,2,5,8-10H2,1H3. The Morgan fingerprint density at radius 3 is 3.11 bits per heavy atom. The second-order valence-electron chi connectivity index (χ2n) is 5.07. The molecule has 1 aromatic heterocycles. The molecule has 3 rings (SSSR count). The molecule has 3 heteroatoms. The number of oxazole rings is 1. The van der Waals surface area contributed by atoms with E-state index in [-0.39, 0.29) is 0 Å². The third-order valence-corrected chi connectivity index (χ3v) is 3.76. The maximum absolute atomic E-state index is 5.89. The van der Waals surface area contributed by atoms with Crippen LogP contribution < -0.4 is 5.32 Å². The van der Waals surface area contributed by atoms with E-state index in [9.17, 15) is 0 Å². The number of benzene rings is 1. The number of nitrogens with zero attached hydrogens (tertiary/aromatic N) is 1. The van der Waals surface area contributed by atoms with E-state index in [4.69, 9.17) is 4.42 Å². The van der Waals surface area contributed by atoms with Gasteiger partial charge in [-0.05, 0) is 37.1 Å². The molecule has 0 saturated heterocycles. The number of aromatic nitrogens is 1. The zero-order valence-corrected chi connectivity index (χ0v) is 11.4. The fraction of sp³-hybridized carbons (Fsp3) is 0.438. The van der Waals surface area contributed by atoms with Gasteiger partial charge in [-0.3, -0.25) is 0 Å². The lowest BCUT2D eigenvalue weighted by molar-refractivity contribution is 0.420. The van der Waals surface area contributed by atoms with Crippen molar-refractivity contribution in [3.63, 3.8) is 0 Å². The summed E-state index contributed by atoms with van der Waals surface area (Å²) in [4.78, 5) is 4.40. The van der Waals surface area contributed by atoms with Gasteiger partial charge >= 0.3 is 0 Å². The Hall–Kier alpha value is -1.61. The molecule has 0 spiro atoms. The monoisotopic (exact) mass is 256 g/mol. The molecular formula is C16H20N2O. The largest absolute Gasteiger partial charge is 0.445 e. The molecule has 3 nitrogen and oxygen atoms in total. The first-order valence-corrected chi connectivity index (χ1v) is 7.11. The molecule has 0 radical (unpaired) electrons. The lowest BCUT2D eigenvalue weighted by atomic mass is 9.76. The average molecular weight is 256 g/mol. The normalized spacial score (nSPS) is 17.0. The van der Waals surface area contributed by atoms with E-state index in [0.717, 1.165) is 44.0 Å². The molecule has 19 heavy (non-hydrogen) atoms. The number of hydrogen-bond donors (Lipinski definition) is 1. The predicted octanol–water partition coefficient (Wildman–Crippen LogP) is 2.90. The molecule has 0 amide bonds. The molecule has 1 heterocycles. The van der Waals surface area contributed by atoms with Gasteiger partial charge in [-0.25, -0.2) is 4.98 Å². The molecule has 1 aliphatic carbocycles. The van der Waals surface area contributed by atoms with E-state index in [1.165, 1.54) is 11.1 Å². The highest BCUT2D eigenvalue weighted by molar-refractivity contribution is 5.44. The van der Waals surface area contributed by atoms with Gasteiger partial charge in [0.1, 0.15) is 5.76 Å². The van der Waals surface area contributed by atoms with Crippen LogP contribution in [0.5, 0.6) is 0 Å². The fourth-order valence-electron chi connectivity index (χ4n) is 2.66. The highest BCUT2D eigenvalue weighted by Crippen LogP contribution is 2.39. The van der Waals surface area contributed by atoms with Crippen LogP contribution in [0, 0.1) is 0 Å². The number of nitrogens with one attached hydrogen (secondary N) is 1. The number of fused-ring (bicyclic) bond motifs is 1. The molecule has 0 aliphatic heterocycles. The molecular weight excluding hydrogens is 236 g/mol. The van der Waals surface area contributed by atoms with Crippen LogP contribution in [-0.4, -0.2) is 18.1 Å². The Balaban J connectivity index is 1.60. The van der Waals surface area contributed by atoms with Crippen molar-refractivity contribution in [2.75, 3.05) is 13.1 Å². The minimum Gasteiger partial charge on any atom is -0.445 e. The maximum Gasteiger partial charge on any atom is 0.194 e. The zero-order valence-electron chi connectivity index (χ0n) is 11.4. The third-order valence-electron chi connectivity index (χ3n) is 3.76. The summed E-state index contributed by atoms with van der Waals surface area (Å²) in [6.45, 7) is 4.17. The van der Waals surface area contributed by atoms with E-state index in [1.54, 1.807) is 0 Å². The van der Waals surface area contributed by atoms with Crippen molar-refractivity contribution in [2.45, 2.75) is 32.1 Å². The SMILES string of the molecule is CCNCCCc1ncc(C2Cc3ccccc32)o1. The van der Waals surface area contributed by atoms with Crippen LogP contribution >= 0.6 is 0 Å². The Morgan fingerprint density at radius 1 is 1.37 bits per heavy atom. The van der Waals surface area contributed by atoms with E-state index in [0.29, 0.717) is 5.92 Å². The van der Waals surface area contributed by atoms with Gasteiger partial charge in [0, 0.05) is 12.3 Å². The lowest BCUT2D eigenvalue weighted by Gasteiger charge is -2.27. The van der Waals surface area contributed by atoms with Crippen LogP contribution in [0.3, 0.4) is 0 Å². The second kappa shape index (κ2) is 5.57. The van der Waals surface area contributed by atoms with Gasteiger partial charge in [-0.1, -0.05) is 31.2 Å². The van der Waals surface area contributed by atoms with E-state index in [2.05, 4.69) is 41.5 Å². The van der Waals surface area contributed by atoms with Crippen molar-refractivity contribution >= 4 is 0 Å². The van der Waals surface area contributed by atoms with Crippen LogP contribution in [-0.2, 0) is 12.8 Å². The van der Waals surface area contributed by atoms with Crippen LogP contribution in [0.4, 0.5) is 0 Å². The van der Waals surface area contributed by atoms with Crippen LogP contribution in [0.1, 0.15) is 42.0 Å². The summed E-state index contributed by atoms with van der Waals surface area (Å²) in [6, 6.07) is 8.58. The van der Waals surface area contributed by atoms with Crippen molar-refractivity contribution in [3.8, 4) is 0 Å². The van der Waals surface area contributed by atoms with Gasteiger partial charge in [-0.2, -0.15) is 0 Å². The van der Waals surface area contributed by atoms with Crippen molar-refractivity contribution in [3.05, 3.63) is 53.2 Å². The molecule has 1 unspecified atom stereocenters. The summed E-state index contributed by atoms with van der Waals surface area (Å²) in [5.74, 6) is 2.32. The van der Waals surface area contributed by atoms with Crippen LogP contribution in [0.2, 0.25) is 0 Å². The van der Waals surface area contributed by atoms with Crippen molar-refractivity contribution in [1.29, 1.82) is 0 Å². The lowest BCUT2D eigenvalue weighted by Crippen LogP contribution is -2.17. The molecule has 1 atom stereocenters. The zero-order chi connectivity index (χ0) is 13.1. The van der Waals surface area contributed by atoms with Crippen LogP contribution in [0.25, 0.3) is 0 Å². The number of rotatable bonds is 6. The Bertz CT molecular complexity index is 547. The van der Waals surface area contributed by atoms with Gasteiger partial charge in [-0.15, -0.1) is 0 Å². The first kappa shape index (κ1) is 12.4. The summed E-state index contributed by atoms with van der Waals surface area (Å²) in [6.07, 6.45) is 4.99. The van der Waals surface area contributed by atoms with Crippen molar-refractivity contribution in [1.82, 2.24) is 10.3 Å². The first-order valence-electron chi connectivity index (χ1n) is 7.11. The smallest absolute Gasteiger partial charge is 0.194 e. The molecule has 1 N–H and O–H groups in total. The Labute approximate surface area is 114 Å². The Kier molecular flexibility index (Phi) is 3.65. The Morgan fingerprint density at radius 2 is 2.26 bits per heavy atom. The minimum atomic E-state index is 0.422. The van der Waals surface area contributed by atoms with Gasteiger partial charge < -0.3 is 9.73 Å². The number of hydrogen-bond acceptors (Lipinski definition) is 3. The predicted molar refractivity (Wildman–Crippen MR) is 75.4 cm³/mol. The van der Waals surface area contributed by atoms with Crippen molar-refractivity contribution in [2.24, 2.45) is 0 Å². The summed E-state index contributed by atoms with van der Waals surface area (Å²) in [5.41, 5.74) is 2.84. The average Bonchev–Trinajstić information content (AvgIpc) is 2.85. The molecule has 1 aromatic carbocycles. The second-order valence-corrected chi connectivity index (χ2v) is 5.07. The highest BCUT2D eigenvalue weighted by Gasteiger charge is 2.29. The quantitative estimate of drug-likeness (QED) is 0.808. The van der Waals surface area contributed by atoms with E-state index < -0.39 is 0 Å². The first-order chi connectivity index (χ1) is 9.38. The molecule has 0 fully saturated rings. The van der Waals surface area contributed by atoms with E-state index in [1.807, 2.05) is 6.20 Å². The summed E-state index contributed by atoms with van der Waals surface area (Å²) >= 11 is 0. The minimum absolute atomic E-state index is 0.422. The molecule has 100 valence electrons. The molecule has 1 aliphatic rings. The van der Waals surface area contributed by atoms with Crippen LogP contribution in [0.15, 0.2) is 34.9 Å². The molecule has 0 bridgehead atoms. The van der Waals surface area contributed by atoms with Crippen molar-refractivity contribution < 1.29 is 4.42 Å². The van der Waals surface area contributed by atoms with Gasteiger partial charge in [0.05, 0.1) is 6.20 Å². The van der Waals surface area contributed by atoms with Gasteiger partial charge in [0.25, 0.3) is 0 Å². The third kappa shape index (κ3) is 2.56. The van der Waals surface area contributed by atoms with E-state index >= 15 is 0 Å². The molecule has 0 saturated carbocycles.